The van der Waals surface area contributed by atoms with E-state index in [1.54, 1.807) is 23.8 Å². The maximum Gasteiger partial charge on any atom is 0.214 e. The van der Waals surface area contributed by atoms with Gasteiger partial charge in [0.25, 0.3) is 0 Å². The molecule has 0 aliphatic rings. The minimum atomic E-state index is -0.253. The molecule has 2 heterocycles. The number of ether oxygens (including phenoxy) is 1. The molecule has 0 aliphatic heterocycles. The Hall–Kier alpha value is -1.99. The van der Waals surface area contributed by atoms with Crippen LogP contribution in [0.4, 0.5) is 9.52 Å². The number of imidazole rings is 1. The smallest absolute Gasteiger partial charge is 0.214 e. The fourth-order valence-corrected chi connectivity index (χ4v) is 2.63. The largest absolute Gasteiger partial charge is 0.380 e. The van der Waals surface area contributed by atoms with Gasteiger partial charge in [-0.2, -0.15) is 0 Å². The standard InChI is InChI=1S/C14H15FN4OS/c1-9(20-2)7-16-13-18-19-8-12(17-14(19)21-13)10-3-5-11(15)6-4-10/h3-6,8-9H,7H2,1-2H3,(H,16,18). The lowest BCUT2D eigenvalue weighted by Crippen LogP contribution is -2.17. The highest BCUT2D eigenvalue weighted by molar-refractivity contribution is 7.20. The lowest BCUT2D eigenvalue weighted by atomic mass is 10.2. The van der Waals surface area contributed by atoms with Gasteiger partial charge in [0.1, 0.15) is 5.82 Å². The Morgan fingerprint density at radius 3 is 2.81 bits per heavy atom. The summed E-state index contributed by atoms with van der Waals surface area (Å²) in [6.45, 7) is 2.68. The number of nitrogens with zero attached hydrogens (tertiary/aromatic N) is 3. The lowest BCUT2D eigenvalue weighted by molar-refractivity contribution is 0.129. The van der Waals surface area contributed by atoms with Crippen LogP contribution in [-0.4, -0.2) is 34.4 Å². The van der Waals surface area contributed by atoms with Crippen molar-refractivity contribution in [3.8, 4) is 11.3 Å². The summed E-state index contributed by atoms with van der Waals surface area (Å²) in [6.07, 6.45) is 1.96. The fourth-order valence-electron chi connectivity index (χ4n) is 1.85. The second-order valence-electron chi connectivity index (χ2n) is 4.69. The molecule has 3 rings (SSSR count). The van der Waals surface area contributed by atoms with E-state index < -0.39 is 0 Å². The van der Waals surface area contributed by atoms with Crippen molar-refractivity contribution < 1.29 is 9.13 Å². The van der Waals surface area contributed by atoms with Gasteiger partial charge >= 0.3 is 0 Å². The van der Waals surface area contributed by atoms with Crippen molar-refractivity contribution >= 4 is 21.4 Å². The zero-order chi connectivity index (χ0) is 14.8. The van der Waals surface area contributed by atoms with Crippen LogP contribution in [0.25, 0.3) is 16.2 Å². The molecule has 1 aromatic carbocycles. The fraction of sp³-hybridized carbons (Fsp3) is 0.286. The van der Waals surface area contributed by atoms with Gasteiger partial charge in [-0.1, -0.05) is 11.3 Å². The van der Waals surface area contributed by atoms with Gasteiger partial charge in [0.15, 0.2) is 0 Å². The van der Waals surface area contributed by atoms with Crippen LogP contribution in [0.5, 0.6) is 0 Å². The van der Waals surface area contributed by atoms with E-state index in [4.69, 9.17) is 4.74 Å². The number of anilines is 1. The van der Waals surface area contributed by atoms with E-state index in [1.165, 1.54) is 23.5 Å². The molecule has 0 saturated carbocycles. The van der Waals surface area contributed by atoms with E-state index >= 15 is 0 Å². The maximum absolute atomic E-state index is 12.9. The summed E-state index contributed by atoms with van der Waals surface area (Å²) in [5.74, 6) is -0.253. The Morgan fingerprint density at radius 1 is 1.38 bits per heavy atom. The molecule has 0 spiro atoms. The summed E-state index contributed by atoms with van der Waals surface area (Å²) in [7, 11) is 1.68. The van der Waals surface area contributed by atoms with Crippen LogP contribution in [0.2, 0.25) is 0 Å². The van der Waals surface area contributed by atoms with Gasteiger partial charge in [0, 0.05) is 19.2 Å². The number of benzene rings is 1. The molecule has 0 radical (unpaired) electrons. The molecule has 5 nitrogen and oxygen atoms in total. The first-order valence-electron chi connectivity index (χ1n) is 6.54. The van der Waals surface area contributed by atoms with Crippen molar-refractivity contribution in [1.29, 1.82) is 0 Å². The summed E-state index contributed by atoms with van der Waals surface area (Å²) in [6, 6.07) is 6.27. The van der Waals surface area contributed by atoms with E-state index in [-0.39, 0.29) is 11.9 Å². The summed E-state index contributed by atoms with van der Waals surface area (Å²) >= 11 is 1.47. The second kappa shape index (κ2) is 5.79. The average Bonchev–Trinajstić information content (AvgIpc) is 3.03. The van der Waals surface area contributed by atoms with Crippen molar-refractivity contribution in [1.82, 2.24) is 14.6 Å². The van der Waals surface area contributed by atoms with E-state index in [0.29, 0.717) is 6.54 Å². The molecular weight excluding hydrogens is 291 g/mol. The number of methoxy groups -OCH3 is 1. The monoisotopic (exact) mass is 306 g/mol. The number of halogens is 1. The van der Waals surface area contributed by atoms with Gasteiger partial charge < -0.3 is 10.1 Å². The van der Waals surface area contributed by atoms with Crippen LogP contribution in [-0.2, 0) is 4.74 Å². The predicted octanol–water partition coefficient (Wildman–Crippen LogP) is 3.04. The molecule has 2 aromatic heterocycles. The number of rotatable bonds is 5. The van der Waals surface area contributed by atoms with Crippen LogP contribution in [0, 0.1) is 5.82 Å². The first kappa shape index (κ1) is 14.0. The van der Waals surface area contributed by atoms with Gasteiger partial charge in [-0.05, 0) is 31.2 Å². The van der Waals surface area contributed by atoms with Crippen LogP contribution >= 0.6 is 11.3 Å². The van der Waals surface area contributed by atoms with Crippen molar-refractivity contribution in [3.63, 3.8) is 0 Å². The van der Waals surface area contributed by atoms with E-state index in [0.717, 1.165) is 21.3 Å². The Bertz CT molecular complexity index is 706. The SMILES string of the molecule is COC(C)CNc1nn2cc(-c3ccc(F)cc3)nc2s1. The molecule has 3 aromatic rings. The summed E-state index contributed by atoms with van der Waals surface area (Å²) < 4.78 is 19.8. The Kier molecular flexibility index (Phi) is 3.85. The Balaban J connectivity index is 1.79. The number of fused-ring (bicyclic) bond motifs is 1. The molecule has 0 bridgehead atoms. The number of nitrogens with one attached hydrogen (secondary N) is 1. The van der Waals surface area contributed by atoms with Crippen molar-refractivity contribution in [3.05, 3.63) is 36.3 Å². The highest BCUT2D eigenvalue weighted by Gasteiger charge is 2.10. The molecule has 1 unspecified atom stereocenters. The van der Waals surface area contributed by atoms with E-state index in [9.17, 15) is 4.39 Å². The second-order valence-corrected chi connectivity index (χ2v) is 5.65. The van der Waals surface area contributed by atoms with Crippen molar-refractivity contribution in [2.75, 3.05) is 19.0 Å². The highest BCUT2D eigenvalue weighted by atomic mass is 32.1. The summed E-state index contributed by atoms with van der Waals surface area (Å²) in [5.41, 5.74) is 1.65. The first-order valence-corrected chi connectivity index (χ1v) is 7.36. The maximum atomic E-state index is 12.9. The summed E-state index contributed by atoms with van der Waals surface area (Å²) in [5, 5.41) is 8.42. The Labute approximate surface area is 125 Å². The quantitative estimate of drug-likeness (QED) is 0.787. The molecule has 21 heavy (non-hydrogen) atoms. The molecule has 0 fully saturated rings. The minimum Gasteiger partial charge on any atom is -0.380 e. The molecule has 0 saturated heterocycles. The van der Waals surface area contributed by atoms with Gasteiger partial charge in [0.05, 0.1) is 18.0 Å². The van der Waals surface area contributed by atoms with Crippen LogP contribution in [0.1, 0.15) is 6.92 Å². The van der Waals surface area contributed by atoms with Crippen LogP contribution < -0.4 is 5.32 Å². The molecular formula is C14H15FN4OS. The minimum absolute atomic E-state index is 0.121. The zero-order valence-electron chi connectivity index (χ0n) is 11.7. The molecule has 1 N–H and O–H groups in total. The zero-order valence-corrected chi connectivity index (χ0v) is 12.5. The normalized spacial score (nSPS) is 12.7. The number of hydrogen-bond donors (Lipinski definition) is 1. The topological polar surface area (TPSA) is 51.5 Å². The molecule has 0 amide bonds. The van der Waals surface area contributed by atoms with Gasteiger partial charge in [0.2, 0.25) is 10.1 Å². The first-order chi connectivity index (χ1) is 10.2. The molecule has 7 heteroatoms. The van der Waals surface area contributed by atoms with E-state index in [1.807, 2.05) is 13.1 Å². The Morgan fingerprint density at radius 2 is 2.14 bits per heavy atom. The molecule has 110 valence electrons. The lowest BCUT2D eigenvalue weighted by Gasteiger charge is -2.08. The average molecular weight is 306 g/mol. The number of aromatic nitrogens is 3. The van der Waals surface area contributed by atoms with Crippen LogP contribution in [0.3, 0.4) is 0 Å². The van der Waals surface area contributed by atoms with E-state index in [2.05, 4.69) is 15.4 Å². The molecule has 0 aliphatic carbocycles. The number of hydrogen-bond acceptors (Lipinski definition) is 5. The van der Waals surface area contributed by atoms with Crippen molar-refractivity contribution in [2.45, 2.75) is 13.0 Å². The summed E-state index contributed by atoms with van der Waals surface area (Å²) in [4.78, 5) is 5.30. The van der Waals surface area contributed by atoms with Gasteiger partial charge in [-0.3, -0.25) is 0 Å². The van der Waals surface area contributed by atoms with Gasteiger partial charge in [-0.15, -0.1) is 5.10 Å². The van der Waals surface area contributed by atoms with Gasteiger partial charge in [-0.25, -0.2) is 13.9 Å². The molecule has 1 atom stereocenters. The third-order valence-electron chi connectivity index (χ3n) is 3.13. The van der Waals surface area contributed by atoms with Crippen LogP contribution in [0.15, 0.2) is 30.5 Å². The van der Waals surface area contributed by atoms with Crippen molar-refractivity contribution in [2.24, 2.45) is 0 Å². The highest BCUT2D eigenvalue weighted by Crippen LogP contribution is 2.24. The third-order valence-corrected chi connectivity index (χ3v) is 4.01. The third kappa shape index (κ3) is 3.03. The predicted molar refractivity (Wildman–Crippen MR) is 81.2 cm³/mol.